The Morgan fingerprint density at radius 3 is 2.52 bits per heavy atom. The molecule has 0 aromatic rings. The van der Waals surface area contributed by atoms with Crippen LogP contribution in [0.15, 0.2) is 0 Å². The number of hydrogen-bond acceptors (Lipinski definition) is 7. The minimum absolute atomic E-state index is 0.00435. The molecule has 7 nitrogen and oxygen atoms in total. The Morgan fingerprint density at radius 1 is 1.10 bits per heavy atom. The average molecular weight is 438 g/mol. The van der Waals surface area contributed by atoms with Crippen molar-refractivity contribution < 1.29 is 29.5 Å². The van der Waals surface area contributed by atoms with Gasteiger partial charge in [-0.3, -0.25) is 4.90 Å². The summed E-state index contributed by atoms with van der Waals surface area (Å²) in [6, 6.07) is 0.241. The van der Waals surface area contributed by atoms with Crippen molar-refractivity contribution in [2.75, 3.05) is 41.0 Å². The zero-order valence-corrected chi connectivity index (χ0v) is 19.2. The van der Waals surface area contributed by atoms with Gasteiger partial charge in [0.25, 0.3) is 0 Å². The number of likely N-dealkylation sites (tertiary alicyclic amines) is 1. The van der Waals surface area contributed by atoms with Crippen molar-refractivity contribution in [3.63, 3.8) is 0 Å². The molecule has 0 aromatic heterocycles. The van der Waals surface area contributed by atoms with Crippen molar-refractivity contribution in [1.29, 1.82) is 0 Å². The van der Waals surface area contributed by atoms with Crippen LogP contribution in [0.3, 0.4) is 0 Å². The van der Waals surface area contributed by atoms with Crippen LogP contribution in [0.1, 0.15) is 32.6 Å². The molecule has 1 aliphatic heterocycles. The predicted octanol–water partition coefficient (Wildman–Crippen LogP) is 0.502. The van der Waals surface area contributed by atoms with Crippen molar-refractivity contribution in [1.82, 2.24) is 4.90 Å². The number of hydrogen-bond donors (Lipinski definition) is 3. The molecule has 1 spiro atoms. The van der Waals surface area contributed by atoms with Gasteiger partial charge in [0.1, 0.15) is 0 Å². The number of fused-ring (bicyclic) bond motifs is 1. The van der Waals surface area contributed by atoms with Gasteiger partial charge in [0.15, 0.2) is 0 Å². The topological polar surface area (TPSA) is 91.6 Å². The fourth-order valence-corrected chi connectivity index (χ4v) is 10.5. The molecule has 13 atom stereocenters. The Hall–Kier alpha value is -0.280. The van der Waals surface area contributed by atoms with E-state index in [0.717, 1.165) is 32.4 Å². The molecule has 7 heteroatoms. The van der Waals surface area contributed by atoms with Gasteiger partial charge in [-0.05, 0) is 49.0 Å². The second-order valence-corrected chi connectivity index (χ2v) is 11.5. The third kappa shape index (κ3) is 2.12. The number of nitrogens with zero attached hydrogens (tertiary/aromatic N) is 1. The second-order valence-electron chi connectivity index (χ2n) is 11.5. The van der Waals surface area contributed by atoms with E-state index in [-0.39, 0.29) is 52.8 Å². The molecular weight excluding hydrogens is 398 g/mol. The molecule has 0 amide bonds. The van der Waals surface area contributed by atoms with Crippen LogP contribution in [0.2, 0.25) is 0 Å². The van der Waals surface area contributed by atoms with Crippen molar-refractivity contribution >= 4 is 0 Å². The molecule has 3 N–H and O–H groups in total. The summed E-state index contributed by atoms with van der Waals surface area (Å²) in [5, 5.41) is 34.9. The monoisotopic (exact) mass is 437 g/mol. The second kappa shape index (κ2) is 6.65. The summed E-state index contributed by atoms with van der Waals surface area (Å²) in [5.74, 6) is 0.638. The lowest BCUT2D eigenvalue weighted by Crippen LogP contribution is -2.80. The third-order valence-corrected chi connectivity index (χ3v) is 11.2. The molecule has 1 heterocycles. The van der Waals surface area contributed by atoms with Gasteiger partial charge < -0.3 is 29.5 Å². The molecule has 6 aliphatic rings. The smallest absolute Gasteiger partial charge is 0.0860 e. The van der Waals surface area contributed by atoms with Gasteiger partial charge in [-0.2, -0.15) is 0 Å². The van der Waals surface area contributed by atoms with Crippen LogP contribution < -0.4 is 0 Å². The van der Waals surface area contributed by atoms with Crippen LogP contribution >= 0.6 is 0 Å². The van der Waals surface area contributed by atoms with Crippen LogP contribution in [0, 0.1) is 40.4 Å². The molecule has 0 radical (unpaired) electrons. The van der Waals surface area contributed by atoms with E-state index in [1.807, 2.05) is 0 Å². The molecule has 6 fully saturated rings. The molecule has 2 unspecified atom stereocenters. The first-order valence-corrected chi connectivity index (χ1v) is 12.2. The van der Waals surface area contributed by atoms with E-state index in [9.17, 15) is 15.3 Å². The summed E-state index contributed by atoms with van der Waals surface area (Å²) < 4.78 is 17.8. The lowest BCUT2D eigenvalue weighted by molar-refractivity contribution is -0.323. The summed E-state index contributed by atoms with van der Waals surface area (Å²) in [6.07, 6.45) is 1.73. The van der Waals surface area contributed by atoms with Crippen molar-refractivity contribution in [3.05, 3.63) is 0 Å². The van der Waals surface area contributed by atoms with E-state index >= 15 is 0 Å². The maximum Gasteiger partial charge on any atom is 0.0860 e. The molecule has 31 heavy (non-hydrogen) atoms. The Bertz CT molecular complexity index is 752. The maximum atomic E-state index is 12.5. The van der Waals surface area contributed by atoms with Gasteiger partial charge >= 0.3 is 0 Å². The van der Waals surface area contributed by atoms with E-state index in [1.165, 1.54) is 0 Å². The highest BCUT2D eigenvalue weighted by Crippen LogP contribution is 2.80. The first-order chi connectivity index (χ1) is 14.9. The molecule has 5 aliphatic carbocycles. The van der Waals surface area contributed by atoms with Crippen molar-refractivity contribution in [3.8, 4) is 0 Å². The largest absolute Gasteiger partial charge is 0.392 e. The van der Waals surface area contributed by atoms with Crippen LogP contribution in [-0.4, -0.2) is 97.3 Å². The summed E-state index contributed by atoms with van der Waals surface area (Å²) >= 11 is 0. The molecule has 1 saturated heterocycles. The van der Waals surface area contributed by atoms with Crippen LogP contribution in [-0.2, 0) is 14.2 Å². The standard InChI is InChI=1S/C24H39NO6/c1-5-25-10-22(11-29-2)15(26)6-7-23-13-8-12-16(13)24(28,9-14(30-3)18(12)27)17(21(23)25)19(31-4)20(22)23/h12-21,26-28H,5-11H2,1-4H3/t12?,13-,14-,15-,16+,17+,18-,19+,20-,21?,22+,23-,24-/m1/s1. The normalized spacial score (nSPS) is 61.6. The Kier molecular flexibility index (Phi) is 4.56. The van der Waals surface area contributed by atoms with Crippen molar-refractivity contribution in [2.45, 2.75) is 68.7 Å². The van der Waals surface area contributed by atoms with Gasteiger partial charge in [0.05, 0.1) is 36.6 Å². The maximum absolute atomic E-state index is 12.5. The number of aliphatic hydroxyl groups is 3. The predicted molar refractivity (Wildman–Crippen MR) is 112 cm³/mol. The van der Waals surface area contributed by atoms with Gasteiger partial charge in [-0.15, -0.1) is 0 Å². The Morgan fingerprint density at radius 2 is 1.87 bits per heavy atom. The van der Waals surface area contributed by atoms with E-state index in [0.29, 0.717) is 18.9 Å². The minimum atomic E-state index is -0.914. The lowest BCUT2D eigenvalue weighted by atomic mass is 9.35. The first kappa shape index (κ1) is 21.3. The van der Waals surface area contributed by atoms with Crippen LogP contribution in [0.5, 0.6) is 0 Å². The highest BCUT2D eigenvalue weighted by Gasteiger charge is 2.85. The zero-order valence-electron chi connectivity index (χ0n) is 19.2. The number of aliphatic hydroxyl groups excluding tert-OH is 2. The van der Waals surface area contributed by atoms with Gasteiger partial charge in [0.2, 0.25) is 0 Å². The van der Waals surface area contributed by atoms with Gasteiger partial charge in [0, 0.05) is 57.6 Å². The van der Waals surface area contributed by atoms with Gasteiger partial charge in [-0.1, -0.05) is 6.92 Å². The first-order valence-electron chi connectivity index (χ1n) is 12.2. The van der Waals surface area contributed by atoms with E-state index in [1.54, 1.807) is 21.3 Å². The highest BCUT2D eigenvalue weighted by atomic mass is 16.5. The van der Waals surface area contributed by atoms with Gasteiger partial charge in [-0.25, -0.2) is 0 Å². The molecule has 5 saturated carbocycles. The summed E-state index contributed by atoms with van der Waals surface area (Å²) in [7, 11) is 5.17. The molecule has 176 valence electrons. The average Bonchev–Trinajstić information content (AvgIpc) is 2.91. The van der Waals surface area contributed by atoms with E-state index in [2.05, 4.69) is 11.8 Å². The van der Waals surface area contributed by atoms with Crippen LogP contribution in [0.4, 0.5) is 0 Å². The number of methoxy groups -OCH3 is 3. The summed E-state index contributed by atoms with van der Waals surface area (Å²) in [6.45, 7) is 4.39. The van der Waals surface area contributed by atoms with E-state index in [4.69, 9.17) is 14.2 Å². The lowest BCUT2D eigenvalue weighted by Gasteiger charge is -2.74. The summed E-state index contributed by atoms with van der Waals surface area (Å²) in [5.41, 5.74) is -1.30. The molecule has 5 bridgehead atoms. The molecular formula is C24H39NO6. The van der Waals surface area contributed by atoms with Crippen molar-refractivity contribution in [2.24, 2.45) is 40.4 Å². The fourth-order valence-electron chi connectivity index (χ4n) is 10.5. The Balaban J connectivity index is 1.57. The fraction of sp³-hybridized carbons (Fsp3) is 1.00. The van der Waals surface area contributed by atoms with E-state index < -0.39 is 17.8 Å². The number of ether oxygens (including phenoxy) is 3. The number of piperidine rings is 1. The Labute approximate surface area is 185 Å². The quantitative estimate of drug-likeness (QED) is 0.577. The zero-order chi connectivity index (χ0) is 21.9. The SMILES string of the molecule is CCN1C[C@]2(COC)[C@H](O)CC[C@]34C1[C@H]([C@H](OC)[C@H]23)[C@@]1(O)C[C@@H](OC)[C@H](O)C2C[C@@H]4[C@H]21. The molecule has 6 rings (SSSR count). The highest BCUT2D eigenvalue weighted by molar-refractivity contribution is 5.35. The van der Waals surface area contributed by atoms with Crippen LogP contribution in [0.25, 0.3) is 0 Å². The minimum Gasteiger partial charge on any atom is -0.392 e. The number of rotatable bonds is 5. The summed E-state index contributed by atoms with van der Waals surface area (Å²) in [4.78, 5) is 2.54. The molecule has 0 aromatic carbocycles. The third-order valence-electron chi connectivity index (χ3n) is 11.2.